The highest BCUT2D eigenvalue weighted by molar-refractivity contribution is 5.84. The van der Waals surface area contributed by atoms with Gasteiger partial charge in [0, 0.05) is 31.4 Å². The normalized spacial score (nSPS) is 31.0. The minimum absolute atomic E-state index is 0.180. The van der Waals surface area contributed by atoms with E-state index < -0.39 is 11.7 Å². The quantitative estimate of drug-likeness (QED) is 0.767. The van der Waals surface area contributed by atoms with Crippen molar-refractivity contribution in [3.63, 3.8) is 0 Å². The number of halogens is 3. The first-order valence-electron chi connectivity index (χ1n) is 9.68. The Morgan fingerprint density at radius 2 is 2.23 bits per heavy atom. The molecule has 0 saturated heterocycles. The summed E-state index contributed by atoms with van der Waals surface area (Å²) in [5.41, 5.74) is 0.262. The van der Waals surface area contributed by atoms with Crippen LogP contribution in [0.25, 0.3) is 0 Å². The van der Waals surface area contributed by atoms with Crippen molar-refractivity contribution in [2.45, 2.75) is 64.6 Å². The molecule has 2 saturated carbocycles. The average Bonchev–Trinajstić information content (AvgIpc) is 3.17. The SMILES string of the molecule is CCC1CC2CCCC2(C(=O)N2CCc3ncc(C(F)(F)F)cc3C2)C1. The van der Waals surface area contributed by atoms with Crippen molar-refractivity contribution in [2.75, 3.05) is 6.54 Å². The van der Waals surface area contributed by atoms with Crippen LogP contribution in [0.1, 0.15) is 62.3 Å². The molecule has 1 aromatic rings. The van der Waals surface area contributed by atoms with E-state index in [0.29, 0.717) is 36.1 Å². The standard InChI is InChI=1S/C20H25F3N2O/c1-2-13-8-15-4-3-6-19(15,10-13)18(26)25-7-5-17-14(12-25)9-16(11-24-17)20(21,22)23/h9,11,13,15H,2-8,10,12H2,1H3. The van der Waals surface area contributed by atoms with E-state index in [1.165, 1.54) is 6.07 Å². The highest BCUT2D eigenvalue weighted by Crippen LogP contribution is 2.58. The molecule has 2 fully saturated rings. The van der Waals surface area contributed by atoms with Crippen LogP contribution >= 0.6 is 0 Å². The summed E-state index contributed by atoms with van der Waals surface area (Å²) in [6, 6.07) is 1.18. The van der Waals surface area contributed by atoms with Crippen molar-refractivity contribution in [3.8, 4) is 0 Å². The Labute approximate surface area is 152 Å². The lowest BCUT2D eigenvalue weighted by molar-refractivity contribution is -0.144. The van der Waals surface area contributed by atoms with E-state index in [9.17, 15) is 18.0 Å². The largest absolute Gasteiger partial charge is 0.417 e. The summed E-state index contributed by atoms with van der Waals surface area (Å²) in [6.07, 6.45) is 3.39. The fourth-order valence-corrected chi connectivity index (χ4v) is 5.51. The Balaban J connectivity index is 1.58. The molecule has 3 aliphatic rings. The third-order valence-electron chi connectivity index (χ3n) is 6.89. The van der Waals surface area contributed by atoms with E-state index in [1.807, 2.05) is 0 Å². The van der Waals surface area contributed by atoms with Gasteiger partial charge in [0.25, 0.3) is 0 Å². The molecule has 0 N–H and O–H groups in total. The van der Waals surface area contributed by atoms with E-state index in [-0.39, 0.29) is 17.9 Å². The third kappa shape index (κ3) is 2.81. The monoisotopic (exact) mass is 366 g/mol. The lowest BCUT2D eigenvalue weighted by atomic mass is 9.78. The van der Waals surface area contributed by atoms with E-state index in [2.05, 4.69) is 11.9 Å². The molecule has 1 aromatic heterocycles. The Bertz CT molecular complexity index is 717. The lowest BCUT2D eigenvalue weighted by Crippen LogP contribution is -2.46. The van der Waals surface area contributed by atoms with E-state index in [1.54, 1.807) is 4.90 Å². The fourth-order valence-electron chi connectivity index (χ4n) is 5.51. The molecule has 2 aliphatic carbocycles. The molecule has 142 valence electrons. The summed E-state index contributed by atoms with van der Waals surface area (Å²) in [5.74, 6) is 1.25. The van der Waals surface area contributed by atoms with Crippen LogP contribution in [0, 0.1) is 17.3 Å². The molecule has 3 nitrogen and oxygen atoms in total. The van der Waals surface area contributed by atoms with Gasteiger partial charge in [0.05, 0.1) is 11.0 Å². The van der Waals surface area contributed by atoms with Gasteiger partial charge < -0.3 is 4.90 Å². The second kappa shape index (κ2) is 6.24. The number of fused-ring (bicyclic) bond motifs is 2. The third-order valence-corrected chi connectivity index (χ3v) is 6.89. The van der Waals surface area contributed by atoms with Crippen LogP contribution in [-0.2, 0) is 23.9 Å². The van der Waals surface area contributed by atoms with Gasteiger partial charge in [-0.25, -0.2) is 0 Å². The summed E-state index contributed by atoms with van der Waals surface area (Å²) in [6.45, 7) is 3.01. The number of rotatable bonds is 2. The zero-order valence-corrected chi connectivity index (χ0v) is 15.1. The summed E-state index contributed by atoms with van der Waals surface area (Å²) < 4.78 is 39.0. The molecular formula is C20H25F3N2O. The van der Waals surface area contributed by atoms with Crippen molar-refractivity contribution in [1.29, 1.82) is 0 Å². The Morgan fingerprint density at radius 3 is 2.96 bits per heavy atom. The summed E-state index contributed by atoms with van der Waals surface area (Å²) in [7, 11) is 0. The van der Waals surface area contributed by atoms with E-state index in [4.69, 9.17) is 0 Å². The van der Waals surface area contributed by atoms with Crippen LogP contribution in [0.5, 0.6) is 0 Å². The predicted molar refractivity (Wildman–Crippen MR) is 91.1 cm³/mol. The predicted octanol–water partition coefficient (Wildman–Crippen LogP) is 4.59. The van der Waals surface area contributed by atoms with Crippen LogP contribution in [0.2, 0.25) is 0 Å². The van der Waals surface area contributed by atoms with Gasteiger partial charge >= 0.3 is 6.18 Å². The van der Waals surface area contributed by atoms with Gasteiger partial charge in [0.1, 0.15) is 0 Å². The minimum Gasteiger partial charge on any atom is -0.337 e. The first-order chi connectivity index (χ1) is 12.3. The van der Waals surface area contributed by atoms with Gasteiger partial charge in [-0.15, -0.1) is 0 Å². The number of aromatic nitrogens is 1. The molecule has 2 heterocycles. The molecule has 3 unspecified atom stereocenters. The number of alkyl halides is 3. The summed E-state index contributed by atoms with van der Waals surface area (Å²) in [5, 5.41) is 0. The van der Waals surface area contributed by atoms with E-state index in [0.717, 1.165) is 44.7 Å². The van der Waals surface area contributed by atoms with Gasteiger partial charge in [0.15, 0.2) is 0 Å². The van der Waals surface area contributed by atoms with Gasteiger partial charge in [-0.05, 0) is 49.1 Å². The van der Waals surface area contributed by atoms with E-state index >= 15 is 0 Å². The Kier molecular flexibility index (Phi) is 4.27. The topological polar surface area (TPSA) is 33.2 Å². The molecule has 6 heteroatoms. The number of hydrogen-bond acceptors (Lipinski definition) is 2. The molecule has 4 rings (SSSR count). The van der Waals surface area contributed by atoms with Gasteiger partial charge in [0.2, 0.25) is 5.91 Å². The maximum absolute atomic E-state index is 13.4. The molecule has 0 aromatic carbocycles. The van der Waals surface area contributed by atoms with Crippen LogP contribution < -0.4 is 0 Å². The van der Waals surface area contributed by atoms with Crippen molar-refractivity contribution < 1.29 is 18.0 Å². The molecule has 1 aliphatic heterocycles. The highest BCUT2D eigenvalue weighted by Gasteiger charge is 2.55. The maximum Gasteiger partial charge on any atom is 0.417 e. The molecule has 0 bridgehead atoms. The molecule has 26 heavy (non-hydrogen) atoms. The van der Waals surface area contributed by atoms with Crippen molar-refractivity contribution in [1.82, 2.24) is 9.88 Å². The van der Waals surface area contributed by atoms with Crippen molar-refractivity contribution in [2.24, 2.45) is 17.3 Å². The number of amides is 1. The van der Waals surface area contributed by atoms with Crippen LogP contribution in [0.4, 0.5) is 13.2 Å². The van der Waals surface area contributed by atoms with Crippen LogP contribution in [0.15, 0.2) is 12.3 Å². The Hall–Kier alpha value is -1.59. The number of carbonyl (C=O) groups excluding carboxylic acids is 1. The fraction of sp³-hybridized carbons (Fsp3) is 0.700. The Morgan fingerprint density at radius 1 is 1.42 bits per heavy atom. The van der Waals surface area contributed by atoms with Crippen molar-refractivity contribution >= 4 is 5.91 Å². The van der Waals surface area contributed by atoms with Crippen molar-refractivity contribution in [3.05, 3.63) is 29.1 Å². The number of pyridine rings is 1. The second-order valence-electron chi connectivity index (χ2n) is 8.26. The number of nitrogens with zero attached hydrogens (tertiary/aromatic N) is 2. The molecule has 3 atom stereocenters. The first kappa shape index (κ1) is 17.8. The number of hydrogen-bond donors (Lipinski definition) is 0. The zero-order valence-electron chi connectivity index (χ0n) is 15.1. The zero-order chi connectivity index (χ0) is 18.5. The van der Waals surface area contributed by atoms with Gasteiger partial charge in [-0.1, -0.05) is 19.8 Å². The summed E-state index contributed by atoms with van der Waals surface area (Å²) >= 11 is 0. The van der Waals surface area contributed by atoms with Gasteiger partial charge in [-0.3, -0.25) is 9.78 Å². The first-order valence-corrected chi connectivity index (χ1v) is 9.68. The van der Waals surface area contributed by atoms with Crippen LogP contribution in [-0.4, -0.2) is 22.3 Å². The maximum atomic E-state index is 13.4. The van der Waals surface area contributed by atoms with Gasteiger partial charge in [-0.2, -0.15) is 13.2 Å². The molecule has 0 radical (unpaired) electrons. The molecule has 1 amide bonds. The average molecular weight is 366 g/mol. The molecular weight excluding hydrogens is 341 g/mol. The minimum atomic E-state index is -4.40. The smallest absolute Gasteiger partial charge is 0.337 e. The highest BCUT2D eigenvalue weighted by atomic mass is 19.4. The number of carbonyl (C=O) groups is 1. The molecule has 0 spiro atoms. The second-order valence-corrected chi connectivity index (χ2v) is 8.26. The summed E-state index contributed by atoms with van der Waals surface area (Å²) in [4.78, 5) is 19.3. The van der Waals surface area contributed by atoms with Crippen LogP contribution in [0.3, 0.4) is 0 Å². The lowest BCUT2D eigenvalue weighted by Gasteiger charge is -2.37.